The highest BCUT2D eigenvalue weighted by molar-refractivity contribution is 5.72. The second-order valence-electron chi connectivity index (χ2n) is 4.90. The Bertz CT molecular complexity index is 919. The molecule has 0 bridgehead atoms. The maximum absolute atomic E-state index is 12.5. The van der Waals surface area contributed by atoms with E-state index in [4.69, 9.17) is 4.74 Å². The number of rotatable bonds is 4. The standard InChI is InChI=1S/C15H16N4O3/c1-3-18-14(20)12-8-16-17-13(12)19(15(18)21)9-10-4-6-11(22-2)7-5-10/h4-8H,3,9H2,1-2H3,(H,16,17). The lowest BCUT2D eigenvalue weighted by atomic mass is 10.2. The van der Waals surface area contributed by atoms with Crippen LogP contribution in [0.2, 0.25) is 0 Å². The average molecular weight is 300 g/mol. The Labute approximate surface area is 125 Å². The molecule has 0 spiro atoms. The summed E-state index contributed by atoms with van der Waals surface area (Å²) < 4.78 is 7.86. The summed E-state index contributed by atoms with van der Waals surface area (Å²) in [7, 11) is 1.60. The van der Waals surface area contributed by atoms with E-state index in [-0.39, 0.29) is 11.2 Å². The van der Waals surface area contributed by atoms with Crippen LogP contribution in [0.4, 0.5) is 0 Å². The molecule has 0 unspecified atom stereocenters. The summed E-state index contributed by atoms with van der Waals surface area (Å²) in [6.45, 7) is 2.44. The third-order valence-electron chi connectivity index (χ3n) is 3.64. The van der Waals surface area contributed by atoms with Crippen molar-refractivity contribution in [2.24, 2.45) is 0 Å². The van der Waals surface area contributed by atoms with Gasteiger partial charge in [0.25, 0.3) is 5.56 Å². The fourth-order valence-electron chi connectivity index (χ4n) is 2.45. The van der Waals surface area contributed by atoms with Gasteiger partial charge in [-0.15, -0.1) is 0 Å². The monoisotopic (exact) mass is 300 g/mol. The number of nitrogens with zero attached hydrogens (tertiary/aromatic N) is 3. The fraction of sp³-hybridized carbons (Fsp3) is 0.267. The number of aromatic nitrogens is 4. The summed E-state index contributed by atoms with van der Waals surface area (Å²) in [4.78, 5) is 24.7. The molecular weight excluding hydrogens is 284 g/mol. The molecule has 0 atom stereocenters. The molecule has 0 aliphatic rings. The summed E-state index contributed by atoms with van der Waals surface area (Å²) >= 11 is 0. The van der Waals surface area contributed by atoms with Crippen molar-refractivity contribution in [3.05, 3.63) is 56.9 Å². The minimum Gasteiger partial charge on any atom is -0.497 e. The number of hydrogen-bond donors (Lipinski definition) is 1. The van der Waals surface area contributed by atoms with E-state index < -0.39 is 0 Å². The van der Waals surface area contributed by atoms with E-state index >= 15 is 0 Å². The Morgan fingerprint density at radius 3 is 2.55 bits per heavy atom. The molecule has 2 aromatic heterocycles. The number of methoxy groups -OCH3 is 1. The number of ether oxygens (including phenoxy) is 1. The van der Waals surface area contributed by atoms with Crippen molar-refractivity contribution in [3.63, 3.8) is 0 Å². The third kappa shape index (κ3) is 2.20. The summed E-state index contributed by atoms with van der Waals surface area (Å²) in [5.74, 6) is 0.751. The Kier molecular flexibility index (Phi) is 3.54. The smallest absolute Gasteiger partial charge is 0.332 e. The highest BCUT2D eigenvalue weighted by atomic mass is 16.5. The Morgan fingerprint density at radius 1 is 1.18 bits per heavy atom. The first-order valence-corrected chi connectivity index (χ1v) is 6.95. The van der Waals surface area contributed by atoms with Gasteiger partial charge in [0.1, 0.15) is 16.8 Å². The fourth-order valence-corrected chi connectivity index (χ4v) is 2.45. The number of fused-ring (bicyclic) bond motifs is 1. The van der Waals surface area contributed by atoms with Crippen LogP contribution in [-0.2, 0) is 13.1 Å². The van der Waals surface area contributed by atoms with Gasteiger partial charge >= 0.3 is 5.69 Å². The number of benzene rings is 1. The van der Waals surface area contributed by atoms with Crippen molar-refractivity contribution in [1.82, 2.24) is 19.3 Å². The summed E-state index contributed by atoms with van der Waals surface area (Å²) in [5, 5.41) is 7.04. The lowest BCUT2D eigenvalue weighted by Gasteiger charge is -2.11. The highest BCUT2D eigenvalue weighted by Gasteiger charge is 2.13. The molecule has 22 heavy (non-hydrogen) atoms. The summed E-state index contributed by atoms with van der Waals surface area (Å²) in [5.41, 5.74) is 0.706. The molecular formula is C15H16N4O3. The van der Waals surface area contributed by atoms with Gasteiger partial charge in [0.05, 0.1) is 19.9 Å². The SMILES string of the molecule is CCn1c(=O)c2cn[nH]c2n(Cc2ccc(OC)cc2)c1=O. The van der Waals surface area contributed by atoms with E-state index in [2.05, 4.69) is 10.2 Å². The highest BCUT2D eigenvalue weighted by Crippen LogP contribution is 2.13. The van der Waals surface area contributed by atoms with Gasteiger partial charge in [-0.3, -0.25) is 19.0 Å². The van der Waals surface area contributed by atoms with Crippen LogP contribution in [0.3, 0.4) is 0 Å². The predicted octanol–water partition coefficient (Wildman–Crippen LogP) is 0.963. The van der Waals surface area contributed by atoms with Crippen molar-refractivity contribution in [1.29, 1.82) is 0 Å². The van der Waals surface area contributed by atoms with Crippen molar-refractivity contribution >= 4 is 11.0 Å². The van der Waals surface area contributed by atoms with Crippen molar-refractivity contribution in [2.75, 3.05) is 7.11 Å². The first kappa shape index (κ1) is 14.1. The van der Waals surface area contributed by atoms with Gasteiger partial charge in [-0.25, -0.2) is 4.79 Å². The molecule has 0 saturated heterocycles. The Morgan fingerprint density at radius 2 is 1.91 bits per heavy atom. The zero-order chi connectivity index (χ0) is 15.7. The van der Waals surface area contributed by atoms with Crippen molar-refractivity contribution in [2.45, 2.75) is 20.0 Å². The van der Waals surface area contributed by atoms with Gasteiger partial charge in [-0.1, -0.05) is 12.1 Å². The van der Waals surface area contributed by atoms with Crippen LogP contribution in [0.25, 0.3) is 11.0 Å². The quantitative estimate of drug-likeness (QED) is 0.778. The van der Waals surface area contributed by atoms with Crippen LogP contribution in [-0.4, -0.2) is 26.4 Å². The molecule has 0 amide bonds. The van der Waals surface area contributed by atoms with Crippen LogP contribution >= 0.6 is 0 Å². The van der Waals surface area contributed by atoms with Crippen molar-refractivity contribution in [3.8, 4) is 5.75 Å². The molecule has 1 aromatic carbocycles. The zero-order valence-corrected chi connectivity index (χ0v) is 12.4. The number of H-pyrrole nitrogens is 1. The molecule has 0 saturated carbocycles. The van der Waals surface area contributed by atoms with E-state index in [1.54, 1.807) is 14.0 Å². The number of hydrogen-bond acceptors (Lipinski definition) is 4. The van der Waals surface area contributed by atoms with Gasteiger partial charge in [0, 0.05) is 6.54 Å². The molecule has 7 nitrogen and oxygen atoms in total. The second-order valence-corrected chi connectivity index (χ2v) is 4.90. The predicted molar refractivity (Wildman–Crippen MR) is 82.4 cm³/mol. The number of nitrogens with one attached hydrogen (secondary N) is 1. The molecule has 0 aliphatic heterocycles. The van der Waals surface area contributed by atoms with Gasteiger partial charge in [0.15, 0.2) is 0 Å². The molecule has 7 heteroatoms. The van der Waals surface area contributed by atoms with Crippen LogP contribution < -0.4 is 16.0 Å². The van der Waals surface area contributed by atoms with Gasteiger partial charge in [0.2, 0.25) is 0 Å². The van der Waals surface area contributed by atoms with Crippen molar-refractivity contribution < 1.29 is 4.74 Å². The van der Waals surface area contributed by atoms with E-state index in [0.29, 0.717) is 24.1 Å². The van der Waals surface area contributed by atoms with Crippen LogP contribution in [0.15, 0.2) is 40.1 Å². The van der Waals surface area contributed by atoms with Crippen LogP contribution in [0.5, 0.6) is 5.75 Å². The van der Waals surface area contributed by atoms with Gasteiger partial charge < -0.3 is 4.74 Å². The van der Waals surface area contributed by atoms with Gasteiger partial charge in [-0.05, 0) is 24.6 Å². The Hall–Kier alpha value is -2.83. The minimum atomic E-state index is -0.347. The molecule has 2 heterocycles. The zero-order valence-electron chi connectivity index (χ0n) is 12.4. The van der Waals surface area contributed by atoms with E-state index in [1.165, 1.54) is 15.3 Å². The van der Waals surface area contributed by atoms with E-state index in [9.17, 15) is 9.59 Å². The maximum Gasteiger partial charge on any atom is 0.332 e. The molecule has 0 fully saturated rings. The summed E-state index contributed by atoms with van der Waals surface area (Å²) in [6, 6.07) is 7.43. The number of aromatic amines is 1. The molecule has 0 aliphatic carbocycles. The second kappa shape index (κ2) is 5.51. The topological polar surface area (TPSA) is 81.9 Å². The third-order valence-corrected chi connectivity index (χ3v) is 3.64. The maximum atomic E-state index is 12.5. The minimum absolute atomic E-state index is 0.317. The van der Waals surface area contributed by atoms with Crippen LogP contribution in [0, 0.1) is 0 Å². The lowest BCUT2D eigenvalue weighted by Crippen LogP contribution is -2.39. The largest absolute Gasteiger partial charge is 0.497 e. The lowest BCUT2D eigenvalue weighted by molar-refractivity contribution is 0.414. The normalized spacial score (nSPS) is 11.0. The molecule has 3 rings (SSSR count). The van der Waals surface area contributed by atoms with Gasteiger partial charge in [-0.2, -0.15) is 5.10 Å². The first-order valence-electron chi connectivity index (χ1n) is 6.95. The Balaban J connectivity index is 2.15. The summed E-state index contributed by atoms with van der Waals surface area (Å²) in [6.07, 6.45) is 1.45. The average Bonchev–Trinajstić information content (AvgIpc) is 3.02. The molecule has 0 radical (unpaired) electrons. The van der Waals surface area contributed by atoms with E-state index in [1.807, 2.05) is 24.3 Å². The van der Waals surface area contributed by atoms with E-state index in [0.717, 1.165) is 11.3 Å². The first-order chi connectivity index (χ1) is 10.7. The van der Waals surface area contributed by atoms with Crippen LogP contribution in [0.1, 0.15) is 12.5 Å². The molecule has 3 aromatic rings. The molecule has 1 N–H and O–H groups in total. The molecule has 114 valence electrons.